The number of halogens is 2. The van der Waals surface area contributed by atoms with Crippen LogP contribution in [0.4, 0.5) is 28.4 Å². The van der Waals surface area contributed by atoms with Crippen LogP contribution >= 0.6 is 48.0 Å². The van der Waals surface area contributed by atoms with E-state index < -0.39 is 0 Å². The van der Waals surface area contributed by atoms with Gasteiger partial charge in [0.25, 0.3) is 5.91 Å². The van der Waals surface area contributed by atoms with Crippen molar-refractivity contribution in [2.24, 2.45) is 24.1 Å². The number of hydrogen-bond acceptors (Lipinski definition) is 5. The Balaban J connectivity index is 0.00000210. The average molecular weight is 745 g/mol. The summed E-state index contributed by atoms with van der Waals surface area (Å²) in [6, 6.07) is 24.2. The number of benzene rings is 3. The highest BCUT2D eigenvalue weighted by Gasteiger charge is 2.12. The van der Waals surface area contributed by atoms with E-state index in [1.54, 1.807) is 36.4 Å². The molecular weight excluding hydrogens is 716 g/mol. The number of carbonyl (C=O) groups is 1. The molecule has 0 radical (unpaired) electrons. The third-order valence-corrected chi connectivity index (χ3v) is 6.04. The van der Waals surface area contributed by atoms with Crippen LogP contribution in [0.3, 0.4) is 0 Å². The van der Waals surface area contributed by atoms with Crippen LogP contribution in [-0.2, 0) is 14.1 Å². The van der Waals surface area contributed by atoms with Crippen molar-refractivity contribution in [3.8, 4) is 0 Å². The summed E-state index contributed by atoms with van der Waals surface area (Å²) in [4.78, 5) is 22.3. The van der Waals surface area contributed by atoms with E-state index in [1.165, 1.54) is 0 Å². The van der Waals surface area contributed by atoms with Gasteiger partial charge in [-0.25, -0.2) is 9.98 Å². The number of nitrogens with two attached hydrogens (primary N) is 2. The lowest BCUT2D eigenvalue weighted by atomic mass is 10.1. The summed E-state index contributed by atoms with van der Waals surface area (Å²) in [7, 11) is 3.94. The molecule has 0 saturated carbocycles. The molecule has 5 rings (SSSR count). The molecule has 0 aliphatic heterocycles. The molecule has 10 heteroatoms. The summed E-state index contributed by atoms with van der Waals surface area (Å²) in [6.07, 6.45) is 5.79. The molecular formula is C29H29I2N7O. The fourth-order valence-corrected chi connectivity index (χ4v) is 4.05. The second-order valence-corrected chi connectivity index (χ2v) is 8.77. The van der Waals surface area contributed by atoms with Gasteiger partial charge in [-0.15, -0.1) is 48.0 Å². The van der Waals surface area contributed by atoms with Crippen LogP contribution in [0.2, 0.25) is 0 Å². The number of aryl methyl sites for hydroxylation is 2. The number of anilines is 3. The Morgan fingerprint density at radius 2 is 1.54 bits per heavy atom. The van der Waals surface area contributed by atoms with Crippen molar-refractivity contribution in [1.82, 2.24) is 9.13 Å². The highest BCUT2D eigenvalue weighted by molar-refractivity contribution is 14.0. The van der Waals surface area contributed by atoms with Gasteiger partial charge >= 0.3 is 0 Å². The number of carbonyl (C=O) groups excluding carboxylic acids is 1. The number of nitrogens with one attached hydrogen (secondary N) is 1. The summed E-state index contributed by atoms with van der Waals surface area (Å²) in [5.41, 5.74) is 16.5. The minimum Gasteiger partial charge on any atom is -0.398 e. The van der Waals surface area contributed by atoms with Crippen LogP contribution in [0.5, 0.6) is 0 Å². The smallest absolute Gasteiger partial charge is 0.257 e. The minimum atomic E-state index is -0.333. The van der Waals surface area contributed by atoms with E-state index in [4.69, 9.17) is 16.5 Å². The van der Waals surface area contributed by atoms with Crippen LogP contribution < -0.4 is 27.5 Å². The topological polar surface area (TPSA) is 116 Å². The summed E-state index contributed by atoms with van der Waals surface area (Å²) in [6.45, 7) is 0. The number of aromatic nitrogens is 2. The fourth-order valence-electron chi connectivity index (χ4n) is 4.05. The lowest BCUT2D eigenvalue weighted by molar-refractivity contribution is 0.102. The van der Waals surface area contributed by atoms with E-state index in [0.29, 0.717) is 34.0 Å². The van der Waals surface area contributed by atoms with Gasteiger partial charge in [0, 0.05) is 55.0 Å². The predicted molar refractivity (Wildman–Crippen MR) is 179 cm³/mol. The van der Waals surface area contributed by atoms with Gasteiger partial charge < -0.3 is 25.9 Å². The van der Waals surface area contributed by atoms with Gasteiger partial charge in [-0.1, -0.05) is 18.2 Å². The highest BCUT2D eigenvalue weighted by Crippen LogP contribution is 2.26. The quantitative estimate of drug-likeness (QED) is 0.164. The third kappa shape index (κ3) is 6.87. The summed E-state index contributed by atoms with van der Waals surface area (Å²) in [5, 5.41) is 5.51. The zero-order valence-corrected chi connectivity index (χ0v) is 26.1. The average Bonchev–Trinajstić information content (AvgIpc) is 2.89. The Labute approximate surface area is 260 Å². The van der Waals surface area contributed by atoms with E-state index in [0.717, 1.165) is 21.6 Å². The Kier molecular flexibility index (Phi) is 9.92. The third-order valence-electron chi connectivity index (χ3n) is 6.04. The van der Waals surface area contributed by atoms with Crippen molar-refractivity contribution in [2.45, 2.75) is 0 Å². The molecule has 2 heterocycles. The number of pyridine rings is 2. The Morgan fingerprint density at radius 3 is 2.26 bits per heavy atom. The maximum Gasteiger partial charge on any atom is 0.257 e. The van der Waals surface area contributed by atoms with E-state index in [2.05, 4.69) is 10.3 Å². The van der Waals surface area contributed by atoms with Crippen molar-refractivity contribution in [3.63, 3.8) is 0 Å². The number of hydrogen-bond donors (Lipinski definition) is 3. The normalized spacial score (nSPS) is 10.9. The zero-order valence-electron chi connectivity index (χ0n) is 21.4. The van der Waals surface area contributed by atoms with Crippen LogP contribution in [0.15, 0.2) is 107 Å². The molecule has 5 N–H and O–H groups in total. The lowest BCUT2D eigenvalue weighted by Crippen LogP contribution is -2.14. The van der Waals surface area contributed by atoms with Crippen LogP contribution in [0.25, 0.3) is 10.9 Å². The maximum atomic E-state index is 12.9. The molecule has 200 valence electrons. The first-order chi connectivity index (χ1) is 17.9. The van der Waals surface area contributed by atoms with E-state index in [-0.39, 0.29) is 53.9 Å². The number of rotatable bonds is 4. The number of nitrogens with zero attached hydrogens (tertiary/aromatic N) is 4. The molecule has 39 heavy (non-hydrogen) atoms. The molecule has 0 aliphatic carbocycles. The molecule has 2 aromatic heterocycles. The first-order valence-corrected chi connectivity index (χ1v) is 11.7. The van der Waals surface area contributed by atoms with Gasteiger partial charge in [0.05, 0.1) is 33.3 Å². The van der Waals surface area contributed by atoms with Gasteiger partial charge in [-0.05, 0) is 60.7 Å². The summed E-state index contributed by atoms with van der Waals surface area (Å²) >= 11 is 0. The highest BCUT2D eigenvalue weighted by atomic mass is 127. The molecule has 5 aromatic rings. The number of fused-ring (bicyclic) bond motifs is 1. The molecule has 0 aliphatic rings. The van der Waals surface area contributed by atoms with Crippen molar-refractivity contribution in [2.75, 3.05) is 16.8 Å². The number of amides is 1. The van der Waals surface area contributed by atoms with Crippen LogP contribution in [-0.4, -0.2) is 15.0 Å². The molecule has 0 spiro atoms. The van der Waals surface area contributed by atoms with Crippen molar-refractivity contribution in [1.29, 1.82) is 0 Å². The fraction of sp³-hybridized carbons (Fsp3) is 0.0690. The van der Waals surface area contributed by atoms with Gasteiger partial charge in [0.2, 0.25) is 0 Å². The molecule has 1 amide bonds. The molecule has 0 fully saturated rings. The predicted octanol–water partition coefficient (Wildman–Crippen LogP) is 5.63. The van der Waals surface area contributed by atoms with E-state index in [9.17, 15) is 4.79 Å². The molecule has 0 bridgehead atoms. The van der Waals surface area contributed by atoms with Crippen LogP contribution in [0.1, 0.15) is 10.4 Å². The lowest BCUT2D eigenvalue weighted by Gasteiger charge is -2.10. The summed E-state index contributed by atoms with van der Waals surface area (Å²) < 4.78 is 3.97. The van der Waals surface area contributed by atoms with Gasteiger partial charge in [-0.2, -0.15) is 0 Å². The van der Waals surface area contributed by atoms with Gasteiger partial charge in [0.1, 0.15) is 0 Å². The monoisotopic (exact) mass is 745 g/mol. The van der Waals surface area contributed by atoms with Gasteiger partial charge in [0.15, 0.2) is 0 Å². The van der Waals surface area contributed by atoms with E-state index >= 15 is 0 Å². The summed E-state index contributed by atoms with van der Waals surface area (Å²) in [5.74, 6) is -0.333. The van der Waals surface area contributed by atoms with Gasteiger partial charge in [-0.3, -0.25) is 4.79 Å². The largest absolute Gasteiger partial charge is 0.398 e. The van der Waals surface area contributed by atoms with Crippen molar-refractivity contribution in [3.05, 3.63) is 114 Å². The Bertz CT molecular complexity index is 1770. The van der Waals surface area contributed by atoms with Crippen molar-refractivity contribution < 1.29 is 4.79 Å². The minimum absolute atomic E-state index is 0. The molecule has 0 atom stereocenters. The Morgan fingerprint density at radius 1 is 0.795 bits per heavy atom. The zero-order chi connectivity index (χ0) is 25.9. The second kappa shape index (κ2) is 12.9. The molecule has 0 saturated heterocycles. The standard InChI is InChI=1S/C29H27N7O.2HI/c1-35-14-11-19(12-15-35)32-27-10-8-21(18-25(27)31)34-29(37)22-9-7-20(17-24(22)30)33-26-13-16-36(2)28-6-4-3-5-23(26)28;;/h3-18H,30-31H2,1-2H3,(H,34,37);2*1H. The van der Waals surface area contributed by atoms with Crippen LogP contribution in [0, 0.1) is 0 Å². The molecule has 0 unspecified atom stereocenters. The maximum absolute atomic E-state index is 12.9. The second-order valence-electron chi connectivity index (χ2n) is 8.77. The molecule has 8 nitrogen and oxygen atoms in total. The van der Waals surface area contributed by atoms with E-state index in [1.807, 2.05) is 84.3 Å². The number of para-hydroxylation sites is 1. The van der Waals surface area contributed by atoms with Crippen molar-refractivity contribution >= 4 is 93.2 Å². The SMILES string of the molecule is Cn1ccc(=Nc2ccc(NC(=O)c3ccc(N=c4ccn(C)c5ccccc45)cc3N)cc2N)cc1.I.I. The number of nitrogen functional groups attached to an aromatic ring is 2. The Hall–Kier alpha value is -3.65. The first kappa shape index (κ1) is 29.9. The molecule has 3 aromatic carbocycles. The first-order valence-electron chi connectivity index (χ1n) is 11.7.